The van der Waals surface area contributed by atoms with Crippen molar-refractivity contribution >= 4 is 11.7 Å². The summed E-state index contributed by atoms with van der Waals surface area (Å²) in [5.41, 5.74) is 1.86. The Bertz CT molecular complexity index is 798. The number of carbonyl (C=O) groups is 1. The second-order valence-electron chi connectivity index (χ2n) is 5.35. The topological polar surface area (TPSA) is 83.4 Å². The zero-order valence-electron chi connectivity index (χ0n) is 13.2. The van der Waals surface area contributed by atoms with E-state index in [-0.39, 0.29) is 12.1 Å². The van der Waals surface area contributed by atoms with E-state index in [1.807, 2.05) is 30.3 Å². The van der Waals surface area contributed by atoms with Crippen molar-refractivity contribution in [1.29, 1.82) is 5.26 Å². The van der Waals surface area contributed by atoms with E-state index in [1.54, 1.807) is 18.2 Å². The standard InChI is InChI=1S/C18H17N3O3/c1-23-17-7-6-12(11-19)10-15(17)21-18(22)20-14-8-9-24-16-5-3-2-4-13(14)16/h2-7,10,14H,8-9H2,1H3,(H2,20,21,22). The first-order valence-electron chi connectivity index (χ1n) is 7.58. The number of nitrogens with zero attached hydrogens (tertiary/aromatic N) is 1. The molecule has 0 bridgehead atoms. The van der Waals surface area contributed by atoms with E-state index in [0.29, 0.717) is 30.0 Å². The highest BCUT2D eigenvalue weighted by Gasteiger charge is 2.23. The molecule has 3 rings (SSSR count). The smallest absolute Gasteiger partial charge is 0.319 e. The molecule has 0 aromatic heterocycles. The molecule has 6 nitrogen and oxygen atoms in total. The van der Waals surface area contributed by atoms with Crippen LogP contribution in [0, 0.1) is 11.3 Å². The lowest BCUT2D eigenvalue weighted by atomic mass is 10.0. The van der Waals surface area contributed by atoms with Gasteiger partial charge in [-0.2, -0.15) is 5.26 Å². The number of benzene rings is 2. The number of nitrogens with one attached hydrogen (secondary N) is 2. The Morgan fingerprint density at radius 1 is 1.33 bits per heavy atom. The number of rotatable bonds is 3. The molecule has 2 amide bonds. The minimum atomic E-state index is -0.356. The fourth-order valence-corrected chi connectivity index (χ4v) is 2.68. The summed E-state index contributed by atoms with van der Waals surface area (Å²) in [5.74, 6) is 1.29. The molecule has 0 saturated carbocycles. The van der Waals surface area contributed by atoms with Crippen molar-refractivity contribution in [3.63, 3.8) is 0 Å². The Balaban J connectivity index is 1.74. The van der Waals surface area contributed by atoms with Crippen molar-refractivity contribution in [3.8, 4) is 17.6 Å². The molecule has 24 heavy (non-hydrogen) atoms. The second-order valence-corrected chi connectivity index (χ2v) is 5.35. The predicted octanol–water partition coefficient (Wildman–Crippen LogP) is 3.21. The fraction of sp³-hybridized carbons (Fsp3) is 0.222. The van der Waals surface area contributed by atoms with Gasteiger partial charge < -0.3 is 20.1 Å². The number of methoxy groups -OCH3 is 1. The monoisotopic (exact) mass is 323 g/mol. The molecule has 6 heteroatoms. The third-order valence-corrected chi connectivity index (χ3v) is 3.84. The Kier molecular flexibility index (Phi) is 4.52. The lowest BCUT2D eigenvalue weighted by Crippen LogP contribution is -2.35. The van der Waals surface area contributed by atoms with Crippen molar-refractivity contribution in [3.05, 3.63) is 53.6 Å². The zero-order chi connectivity index (χ0) is 16.9. The van der Waals surface area contributed by atoms with Gasteiger partial charge in [0.1, 0.15) is 11.5 Å². The summed E-state index contributed by atoms with van der Waals surface area (Å²) >= 11 is 0. The molecule has 0 radical (unpaired) electrons. The third kappa shape index (κ3) is 3.25. The van der Waals surface area contributed by atoms with Crippen LogP contribution in [0.5, 0.6) is 11.5 Å². The third-order valence-electron chi connectivity index (χ3n) is 3.84. The Hall–Kier alpha value is -3.20. The van der Waals surface area contributed by atoms with Gasteiger partial charge in [0.15, 0.2) is 0 Å². The zero-order valence-corrected chi connectivity index (χ0v) is 13.2. The van der Waals surface area contributed by atoms with Crippen LogP contribution in [-0.4, -0.2) is 19.7 Å². The van der Waals surface area contributed by atoms with Gasteiger partial charge in [0.05, 0.1) is 37.1 Å². The van der Waals surface area contributed by atoms with Gasteiger partial charge in [0.2, 0.25) is 0 Å². The minimum absolute atomic E-state index is 0.125. The van der Waals surface area contributed by atoms with Crippen LogP contribution in [0.3, 0.4) is 0 Å². The predicted molar refractivity (Wildman–Crippen MR) is 89.2 cm³/mol. The van der Waals surface area contributed by atoms with Crippen molar-refractivity contribution in [2.45, 2.75) is 12.5 Å². The highest BCUT2D eigenvalue weighted by Crippen LogP contribution is 2.32. The Morgan fingerprint density at radius 3 is 2.96 bits per heavy atom. The van der Waals surface area contributed by atoms with E-state index in [0.717, 1.165) is 11.3 Å². The van der Waals surface area contributed by atoms with Gasteiger partial charge in [-0.1, -0.05) is 18.2 Å². The van der Waals surface area contributed by atoms with Crippen LogP contribution in [-0.2, 0) is 0 Å². The maximum atomic E-state index is 12.4. The van der Waals surface area contributed by atoms with Gasteiger partial charge in [-0.05, 0) is 24.3 Å². The summed E-state index contributed by atoms with van der Waals surface area (Å²) in [7, 11) is 1.51. The number of hydrogen-bond acceptors (Lipinski definition) is 4. The summed E-state index contributed by atoms with van der Waals surface area (Å²) in [5, 5.41) is 14.7. The molecule has 0 spiro atoms. The van der Waals surface area contributed by atoms with Crippen molar-refractivity contribution in [2.24, 2.45) is 0 Å². The van der Waals surface area contributed by atoms with Crippen LogP contribution in [0.4, 0.5) is 10.5 Å². The quantitative estimate of drug-likeness (QED) is 0.908. The average molecular weight is 323 g/mol. The van der Waals surface area contributed by atoms with Gasteiger partial charge in [-0.3, -0.25) is 0 Å². The summed E-state index contributed by atoms with van der Waals surface area (Å²) in [6, 6.07) is 14.1. The molecule has 1 aliphatic heterocycles. The summed E-state index contributed by atoms with van der Waals surface area (Å²) in [6.07, 6.45) is 0.694. The number of fused-ring (bicyclic) bond motifs is 1. The molecule has 2 N–H and O–H groups in total. The molecule has 0 aliphatic carbocycles. The van der Waals surface area contributed by atoms with E-state index < -0.39 is 0 Å². The molecule has 1 aliphatic rings. The SMILES string of the molecule is COc1ccc(C#N)cc1NC(=O)NC1CCOc2ccccc21. The van der Waals surface area contributed by atoms with Crippen LogP contribution in [0.1, 0.15) is 23.6 Å². The van der Waals surface area contributed by atoms with Gasteiger partial charge >= 0.3 is 6.03 Å². The first kappa shape index (κ1) is 15.7. The first-order valence-corrected chi connectivity index (χ1v) is 7.58. The van der Waals surface area contributed by atoms with Crippen LogP contribution in [0.15, 0.2) is 42.5 Å². The van der Waals surface area contributed by atoms with Gasteiger partial charge in [0, 0.05) is 12.0 Å². The molecular weight excluding hydrogens is 306 g/mol. The number of hydrogen-bond donors (Lipinski definition) is 2. The number of anilines is 1. The Labute approximate surface area is 140 Å². The van der Waals surface area contributed by atoms with E-state index in [9.17, 15) is 4.79 Å². The first-order chi connectivity index (χ1) is 11.7. The van der Waals surface area contributed by atoms with E-state index >= 15 is 0 Å². The van der Waals surface area contributed by atoms with Crippen LogP contribution in [0.25, 0.3) is 0 Å². The number of para-hydroxylation sites is 1. The maximum Gasteiger partial charge on any atom is 0.319 e. The Morgan fingerprint density at radius 2 is 2.17 bits per heavy atom. The van der Waals surface area contributed by atoms with E-state index in [1.165, 1.54) is 7.11 Å². The molecular formula is C18H17N3O3. The summed E-state index contributed by atoms with van der Waals surface area (Å²) in [6.45, 7) is 0.551. The minimum Gasteiger partial charge on any atom is -0.495 e. The molecule has 0 fully saturated rings. The highest BCUT2D eigenvalue weighted by atomic mass is 16.5. The number of amides is 2. The second kappa shape index (κ2) is 6.92. The lowest BCUT2D eigenvalue weighted by Gasteiger charge is -2.26. The van der Waals surface area contributed by atoms with Gasteiger partial charge in [-0.25, -0.2) is 4.79 Å². The molecule has 122 valence electrons. The molecule has 2 aromatic rings. The van der Waals surface area contributed by atoms with Gasteiger partial charge in [-0.15, -0.1) is 0 Å². The molecule has 1 heterocycles. The molecule has 2 aromatic carbocycles. The van der Waals surface area contributed by atoms with Crippen LogP contribution >= 0.6 is 0 Å². The number of nitriles is 1. The average Bonchev–Trinajstić information content (AvgIpc) is 2.62. The highest BCUT2D eigenvalue weighted by molar-refractivity contribution is 5.91. The number of ether oxygens (including phenoxy) is 2. The molecule has 0 saturated heterocycles. The largest absolute Gasteiger partial charge is 0.495 e. The number of carbonyl (C=O) groups excluding carboxylic acids is 1. The normalized spacial score (nSPS) is 15.4. The lowest BCUT2D eigenvalue weighted by molar-refractivity contribution is 0.232. The van der Waals surface area contributed by atoms with Crippen molar-refractivity contribution in [2.75, 3.05) is 19.0 Å². The molecule has 1 atom stereocenters. The van der Waals surface area contributed by atoms with E-state index in [2.05, 4.69) is 10.6 Å². The molecule has 1 unspecified atom stereocenters. The van der Waals surface area contributed by atoms with Gasteiger partial charge in [0.25, 0.3) is 0 Å². The summed E-state index contributed by atoms with van der Waals surface area (Å²) < 4.78 is 10.8. The van der Waals surface area contributed by atoms with Crippen LogP contribution in [0.2, 0.25) is 0 Å². The van der Waals surface area contributed by atoms with Crippen molar-refractivity contribution in [1.82, 2.24) is 5.32 Å². The van der Waals surface area contributed by atoms with Crippen molar-refractivity contribution < 1.29 is 14.3 Å². The van der Waals surface area contributed by atoms with E-state index in [4.69, 9.17) is 14.7 Å². The summed E-state index contributed by atoms with van der Waals surface area (Å²) in [4.78, 5) is 12.4. The fourth-order valence-electron chi connectivity index (χ4n) is 2.68. The van der Waals surface area contributed by atoms with Crippen LogP contribution < -0.4 is 20.1 Å². The number of urea groups is 1. The maximum absolute atomic E-state index is 12.4.